The quantitative estimate of drug-likeness (QED) is 0.831. The van der Waals surface area contributed by atoms with Crippen molar-refractivity contribution in [3.05, 3.63) is 36.9 Å². The molecule has 2 aromatic rings. The zero-order valence-electron chi connectivity index (χ0n) is 10.7. The Morgan fingerprint density at radius 1 is 1.20 bits per heavy atom. The largest absolute Gasteiger partial charge is 0.481 e. The highest BCUT2D eigenvalue weighted by Gasteiger charge is 2.05. The van der Waals surface area contributed by atoms with Crippen LogP contribution in [-0.4, -0.2) is 31.7 Å². The van der Waals surface area contributed by atoms with Gasteiger partial charge in [0.1, 0.15) is 12.7 Å². The number of rotatable bonds is 6. The molecule has 1 aromatic heterocycles. The van der Waals surface area contributed by atoms with Crippen LogP contribution in [0.4, 0.5) is 5.69 Å². The summed E-state index contributed by atoms with van der Waals surface area (Å²) in [6.45, 7) is 0. The first-order valence-corrected chi connectivity index (χ1v) is 6.12. The lowest BCUT2D eigenvalue weighted by molar-refractivity contribution is -0.137. The van der Waals surface area contributed by atoms with E-state index in [0.717, 1.165) is 5.69 Å². The lowest BCUT2D eigenvalue weighted by Crippen LogP contribution is -2.12. The summed E-state index contributed by atoms with van der Waals surface area (Å²) >= 11 is 0. The highest BCUT2D eigenvalue weighted by Crippen LogP contribution is 2.14. The number of nitrogens with zero attached hydrogens (tertiary/aromatic N) is 3. The van der Waals surface area contributed by atoms with Crippen molar-refractivity contribution in [1.29, 1.82) is 0 Å². The highest BCUT2D eigenvalue weighted by atomic mass is 16.4. The van der Waals surface area contributed by atoms with Crippen molar-refractivity contribution in [3.8, 4) is 5.69 Å². The first kappa shape index (κ1) is 13.7. The molecule has 0 aliphatic rings. The number of anilines is 1. The van der Waals surface area contributed by atoms with E-state index in [-0.39, 0.29) is 18.7 Å². The van der Waals surface area contributed by atoms with Gasteiger partial charge in [-0.05, 0) is 24.6 Å². The second kappa shape index (κ2) is 6.46. The van der Waals surface area contributed by atoms with Gasteiger partial charge in [-0.1, -0.05) is 6.07 Å². The molecule has 1 aromatic carbocycles. The Morgan fingerprint density at radius 3 is 2.65 bits per heavy atom. The molecule has 0 saturated carbocycles. The Balaban J connectivity index is 1.94. The fraction of sp³-hybridized carbons (Fsp3) is 0.231. The van der Waals surface area contributed by atoms with Gasteiger partial charge in [0.2, 0.25) is 5.91 Å². The molecule has 0 bridgehead atoms. The smallest absolute Gasteiger partial charge is 0.303 e. The van der Waals surface area contributed by atoms with Gasteiger partial charge in [0.05, 0.1) is 5.69 Å². The Morgan fingerprint density at radius 2 is 1.95 bits per heavy atom. The molecule has 0 aliphatic heterocycles. The van der Waals surface area contributed by atoms with Crippen LogP contribution in [0.5, 0.6) is 0 Å². The zero-order valence-corrected chi connectivity index (χ0v) is 10.7. The van der Waals surface area contributed by atoms with Gasteiger partial charge in [0.15, 0.2) is 0 Å². The molecule has 0 radical (unpaired) electrons. The third-order valence-corrected chi connectivity index (χ3v) is 2.64. The summed E-state index contributed by atoms with van der Waals surface area (Å²) in [4.78, 5) is 22.0. The molecule has 2 N–H and O–H groups in total. The number of aliphatic carboxylic acids is 1. The van der Waals surface area contributed by atoms with Crippen LogP contribution in [0.25, 0.3) is 5.69 Å². The number of aromatic nitrogens is 3. The summed E-state index contributed by atoms with van der Waals surface area (Å²) in [5.41, 5.74) is 1.48. The zero-order chi connectivity index (χ0) is 14.4. The van der Waals surface area contributed by atoms with Gasteiger partial charge in [0.25, 0.3) is 0 Å². The van der Waals surface area contributed by atoms with Crippen molar-refractivity contribution >= 4 is 17.6 Å². The van der Waals surface area contributed by atoms with E-state index < -0.39 is 5.97 Å². The van der Waals surface area contributed by atoms with E-state index in [0.29, 0.717) is 12.1 Å². The molecule has 0 fully saturated rings. The molecule has 0 spiro atoms. The van der Waals surface area contributed by atoms with Crippen molar-refractivity contribution in [3.63, 3.8) is 0 Å². The summed E-state index contributed by atoms with van der Waals surface area (Å²) in [6, 6.07) is 7.23. The van der Waals surface area contributed by atoms with Crippen LogP contribution in [0.15, 0.2) is 36.9 Å². The van der Waals surface area contributed by atoms with Gasteiger partial charge in [-0.3, -0.25) is 14.2 Å². The Hall–Kier alpha value is -2.70. The van der Waals surface area contributed by atoms with Crippen LogP contribution in [0, 0.1) is 0 Å². The first-order chi connectivity index (χ1) is 9.65. The summed E-state index contributed by atoms with van der Waals surface area (Å²) in [5.74, 6) is -1.10. The fourth-order valence-corrected chi connectivity index (χ4v) is 1.70. The van der Waals surface area contributed by atoms with E-state index >= 15 is 0 Å². The van der Waals surface area contributed by atoms with Gasteiger partial charge >= 0.3 is 5.97 Å². The van der Waals surface area contributed by atoms with Crippen molar-refractivity contribution in [2.45, 2.75) is 19.3 Å². The predicted octanol–water partition coefficient (Wildman–Crippen LogP) is 1.46. The molecule has 20 heavy (non-hydrogen) atoms. The monoisotopic (exact) mass is 274 g/mol. The summed E-state index contributed by atoms with van der Waals surface area (Å²) < 4.78 is 1.72. The van der Waals surface area contributed by atoms with Crippen LogP contribution in [0.2, 0.25) is 0 Å². The second-order valence-corrected chi connectivity index (χ2v) is 4.21. The highest BCUT2D eigenvalue weighted by molar-refractivity contribution is 5.91. The number of carboxylic acids is 1. The SMILES string of the molecule is O=C(O)CCCC(=O)Nc1cccc(-n2cnnc2)c1. The van der Waals surface area contributed by atoms with Crippen molar-refractivity contribution in [2.75, 3.05) is 5.32 Å². The number of benzene rings is 1. The summed E-state index contributed by atoms with van der Waals surface area (Å²) in [6.07, 6.45) is 3.63. The number of amides is 1. The maximum absolute atomic E-state index is 11.7. The Labute approximate surface area is 115 Å². The normalized spacial score (nSPS) is 10.2. The third kappa shape index (κ3) is 3.91. The van der Waals surface area contributed by atoms with Gasteiger partial charge in [-0.2, -0.15) is 0 Å². The van der Waals surface area contributed by atoms with E-state index in [1.54, 1.807) is 29.4 Å². The number of nitrogens with one attached hydrogen (secondary N) is 1. The van der Waals surface area contributed by atoms with E-state index in [4.69, 9.17) is 5.11 Å². The van der Waals surface area contributed by atoms with Crippen LogP contribution in [0.3, 0.4) is 0 Å². The minimum Gasteiger partial charge on any atom is -0.481 e. The van der Waals surface area contributed by atoms with E-state index in [9.17, 15) is 9.59 Å². The fourth-order valence-electron chi connectivity index (χ4n) is 1.70. The lowest BCUT2D eigenvalue weighted by Gasteiger charge is -2.07. The minimum atomic E-state index is -0.896. The second-order valence-electron chi connectivity index (χ2n) is 4.21. The number of hydrogen-bond acceptors (Lipinski definition) is 4. The average molecular weight is 274 g/mol. The Bertz CT molecular complexity index is 595. The number of hydrogen-bond donors (Lipinski definition) is 2. The summed E-state index contributed by atoms with van der Waals surface area (Å²) in [5, 5.41) is 18.7. The lowest BCUT2D eigenvalue weighted by atomic mass is 10.2. The van der Waals surface area contributed by atoms with Crippen LogP contribution in [0.1, 0.15) is 19.3 Å². The van der Waals surface area contributed by atoms with Crippen molar-refractivity contribution in [2.24, 2.45) is 0 Å². The van der Waals surface area contributed by atoms with E-state index in [2.05, 4.69) is 15.5 Å². The van der Waals surface area contributed by atoms with Crippen LogP contribution < -0.4 is 5.32 Å². The molecule has 7 nitrogen and oxygen atoms in total. The number of carbonyl (C=O) groups excluding carboxylic acids is 1. The van der Waals surface area contributed by atoms with Crippen LogP contribution >= 0.6 is 0 Å². The number of carboxylic acid groups (broad SMARTS) is 1. The van der Waals surface area contributed by atoms with Gasteiger partial charge < -0.3 is 10.4 Å². The topological polar surface area (TPSA) is 97.1 Å². The van der Waals surface area contributed by atoms with Crippen molar-refractivity contribution < 1.29 is 14.7 Å². The van der Waals surface area contributed by atoms with Gasteiger partial charge in [-0.15, -0.1) is 10.2 Å². The standard InChI is InChI=1S/C13H14N4O3/c18-12(5-2-6-13(19)20)16-10-3-1-4-11(7-10)17-8-14-15-9-17/h1,3-4,7-9H,2,5-6H2,(H,16,18)(H,19,20). The molecule has 1 amide bonds. The third-order valence-electron chi connectivity index (χ3n) is 2.64. The van der Waals surface area contributed by atoms with E-state index in [1.807, 2.05) is 12.1 Å². The number of carbonyl (C=O) groups is 2. The molecule has 0 unspecified atom stereocenters. The predicted molar refractivity (Wildman–Crippen MR) is 71.5 cm³/mol. The first-order valence-electron chi connectivity index (χ1n) is 6.12. The van der Waals surface area contributed by atoms with E-state index in [1.165, 1.54) is 0 Å². The molecule has 0 saturated heterocycles. The maximum atomic E-state index is 11.7. The van der Waals surface area contributed by atoms with Crippen molar-refractivity contribution in [1.82, 2.24) is 14.8 Å². The Kier molecular flexibility index (Phi) is 4.43. The molecule has 7 heteroatoms. The molecule has 104 valence electrons. The molecular formula is C13H14N4O3. The molecule has 1 heterocycles. The molecular weight excluding hydrogens is 260 g/mol. The maximum Gasteiger partial charge on any atom is 0.303 e. The molecule has 2 rings (SSSR count). The molecule has 0 atom stereocenters. The average Bonchev–Trinajstić information content (AvgIpc) is 2.92. The van der Waals surface area contributed by atoms with Gasteiger partial charge in [-0.25, -0.2) is 0 Å². The van der Waals surface area contributed by atoms with Crippen LogP contribution in [-0.2, 0) is 9.59 Å². The summed E-state index contributed by atoms with van der Waals surface area (Å²) in [7, 11) is 0. The minimum absolute atomic E-state index is 0.00579. The molecule has 0 aliphatic carbocycles. The van der Waals surface area contributed by atoms with Gasteiger partial charge in [0, 0.05) is 18.5 Å².